The number of rotatable bonds is 3. The van der Waals surface area contributed by atoms with Crippen LogP contribution in [-0.2, 0) is 14.3 Å². The molecule has 2 aliphatic carbocycles. The summed E-state index contributed by atoms with van der Waals surface area (Å²) < 4.78 is 11.8. The largest absolute Gasteiger partial charge is 0.368 e. The summed E-state index contributed by atoms with van der Waals surface area (Å²) in [6, 6.07) is 0.629. The zero-order valence-corrected chi connectivity index (χ0v) is 15.8. The lowest BCUT2D eigenvalue weighted by Crippen LogP contribution is -2.49. The molecule has 0 spiro atoms. The van der Waals surface area contributed by atoms with Gasteiger partial charge in [-0.3, -0.25) is 10.1 Å². The average molecular weight is 401 g/mol. The van der Waals surface area contributed by atoms with Crippen LogP contribution in [0.25, 0.3) is 0 Å². The van der Waals surface area contributed by atoms with Crippen molar-refractivity contribution in [3.8, 4) is 0 Å². The van der Waals surface area contributed by atoms with E-state index in [1.54, 1.807) is 0 Å². The van der Waals surface area contributed by atoms with E-state index in [1.165, 1.54) is 25.7 Å². The summed E-state index contributed by atoms with van der Waals surface area (Å²) in [5.74, 6) is 0.656. The van der Waals surface area contributed by atoms with Crippen molar-refractivity contribution >= 4 is 21.8 Å². The fraction of sp³-hybridized carbons (Fsp3) is 0.944. The van der Waals surface area contributed by atoms with E-state index < -0.39 is 0 Å². The minimum absolute atomic E-state index is 0.0826. The summed E-state index contributed by atoms with van der Waals surface area (Å²) in [4.78, 5) is 12.8. The van der Waals surface area contributed by atoms with Crippen molar-refractivity contribution in [2.45, 2.75) is 93.1 Å². The predicted molar refractivity (Wildman–Crippen MR) is 95.0 cm³/mol. The Morgan fingerprint density at radius 1 is 1.08 bits per heavy atom. The maximum absolute atomic E-state index is 12.3. The van der Waals surface area contributed by atoms with Gasteiger partial charge < -0.3 is 14.8 Å². The van der Waals surface area contributed by atoms with E-state index in [-0.39, 0.29) is 24.3 Å². The Labute approximate surface area is 152 Å². The van der Waals surface area contributed by atoms with Gasteiger partial charge in [0.05, 0.1) is 6.10 Å². The van der Waals surface area contributed by atoms with Crippen LogP contribution in [0.5, 0.6) is 0 Å². The van der Waals surface area contributed by atoms with E-state index in [4.69, 9.17) is 9.47 Å². The lowest BCUT2D eigenvalue weighted by Gasteiger charge is -2.31. The topological polar surface area (TPSA) is 59.6 Å². The van der Waals surface area contributed by atoms with Gasteiger partial charge in [0.25, 0.3) is 0 Å². The van der Waals surface area contributed by atoms with Gasteiger partial charge in [-0.05, 0) is 44.9 Å². The summed E-state index contributed by atoms with van der Waals surface area (Å²) in [7, 11) is 0. The Balaban J connectivity index is 1.30. The molecule has 2 N–H and O–H groups in total. The van der Waals surface area contributed by atoms with Crippen LogP contribution < -0.4 is 10.6 Å². The molecule has 4 rings (SSSR count). The summed E-state index contributed by atoms with van der Waals surface area (Å²) in [5.41, 5.74) is 0. The summed E-state index contributed by atoms with van der Waals surface area (Å²) in [5, 5.41) is 6.94. The molecule has 1 amide bonds. The van der Waals surface area contributed by atoms with Crippen LogP contribution in [0.15, 0.2) is 0 Å². The Bertz CT molecular complexity index is 458. The molecular weight excluding hydrogens is 372 g/mol. The molecule has 136 valence electrons. The van der Waals surface area contributed by atoms with E-state index >= 15 is 0 Å². The SMILES string of the molecule is O=C(NC1CCC2OC(C3CCCCC3Br)NC2C1)C1CCCO1. The van der Waals surface area contributed by atoms with Crippen molar-refractivity contribution in [3.05, 3.63) is 0 Å². The van der Waals surface area contributed by atoms with Crippen molar-refractivity contribution in [2.24, 2.45) is 5.92 Å². The number of carbonyl (C=O) groups is 1. The third kappa shape index (κ3) is 3.67. The highest BCUT2D eigenvalue weighted by Crippen LogP contribution is 2.37. The summed E-state index contributed by atoms with van der Waals surface area (Å²) in [6.45, 7) is 0.722. The maximum Gasteiger partial charge on any atom is 0.249 e. The third-order valence-corrected chi connectivity index (χ3v) is 7.31. The fourth-order valence-electron chi connectivity index (χ4n) is 4.81. The molecule has 0 aromatic carbocycles. The smallest absolute Gasteiger partial charge is 0.249 e. The molecule has 0 radical (unpaired) electrons. The second-order valence-corrected chi connectivity index (χ2v) is 9.03. The molecule has 5 nitrogen and oxygen atoms in total. The highest BCUT2D eigenvalue weighted by molar-refractivity contribution is 9.09. The Morgan fingerprint density at radius 2 is 1.96 bits per heavy atom. The Morgan fingerprint density at radius 3 is 2.75 bits per heavy atom. The van der Waals surface area contributed by atoms with Gasteiger partial charge in [-0.2, -0.15) is 0 Å². The zero-order chi connectivity index (χ0) is 16.5. The molecule has 2 saturated carbocycles. The van der Waals surface area contributed by atoms with Gasteiger partial charge in [-0.15, -0.1) is 0 Å². The van der Waals surface area contributed by atoms with E-state index in [2.05, 4.69) is 26.6 Å². The van der Waals surface area contributed by atoms with Crippen molar-refractivity contribution in [1.29, 1.82) is 0 Å². The highest BCUT2D eigenvalue weighted by atomic mass is 79.9. The number of fused-ring (bicyclic) bond motifs is 1. The number of hydrogen-bond acceptors (Lipinski definition) is 4. The first-order valence-corrected chi connectivity index (χ1v) is 10.6. The van der Waals surface area contributed by atoms with Gasteiger partial charge in [0.2, 0.25) is 5.91 Å². The van der Waals surface area contributed by atoms with Gasteiger partial charge in [0.1, 0.15) is 12.3 Å². The van der Waals surface area contributed by atoms with Crippen molar-refractivity contribution in [2.75, 3.05) is 6.61 Å². The van der Waals surface area contributed by atoms with Crippen LogP contribution >= 0.6 is 15.9 Å². The van der Waals surface area contributed by atoms with E-state index in [0.29, 0.717) is 22.9 Å². The molecule has 4 aliphatic rings. The summed E-state index contributed by atoms with van der Waals surface area (Å²) in [6.07, 6.45) is 10.3. The number of ether oxygens (including phenoxy) is 2. The van der Waals surface area contributed by atoms with Gasteiger partial charge in [0, 0.05) is 29.4 Å². The molecular formula is C18H29BrN2O3. The second kappa shape index (κ2) is 7.60. The van der Waals surface area contributed by atoms with Crippen LogP contribution in [-0.4, -0.2) is 47.9 Å². The lowest BCUT2D eigenvalue weighted by atomic mass is 9.87. The van der Waals surface area contributed by atoms with Gasteiger partial charge in [-0.25, -0.2) is 0 Å². The molecule has 0 aromatic rings. The fourth-order valence-corrected chi connectivity index (χ4v) is 5.67. The number of nitrogens with one attached hydrogen (secondary N) is 2. The lowest BCUT2D eigenvalue weighted by molar-refractivity contribution is -0.131. The monoisotopic (exact) mass is 400 g/mol. The molecule has 2 aliphatic heterocycles. The van der Waals surface area contributed by atoms with Crippen molar-refractivity contribution in [3.63, 3.8) is 0 Å². The molecule has 4 fully saturated rings. The molecule has 7 atom stereocenters. The molecule has 24 heavy (non-hydrogen) atoms. The van der Waals surface area contributed by atoms with Crippen molar-refractivity contribution in [1.82, 2.24) is 10.6 Å². The molecule has 2 heterocycles. The quantitative estimate of drug-likeness (QED) is 0.714. The van der Waals surface area contributed by atoms with Crippen molar-refractivity contribution < 1.29 is 14.3 Å². The third-order valence-electron chi connectivity index (χ3n) is 6.18. The molecule has 7 unspecified atom stereocenters. The Hall–Kier alpha value is -0.170. The summed E-state index contributed by atoms with van der Waals surface area (Å²) >= 11 is 3.86. The Kier molecular flexibility index (Phi) is 5.47. The predicted octanol–water partition coefficient (Wildman–Crippen LogP) is 2.47. The first-order valence-electron chi connectivity index (χ1n) is 9.68. The van der Waals surface area contributed by atoms with Gasteiger partial charge in [0.15, 0.2) is 0 Å². The maximum atomic E-state index is 12.3. The second-order valence-electron chi connectivity index (χ2n) is 7.85. The van der Waals surface area contributed by atoms with E-state index in [9.17, 15) is 4.79 Å². The number of amides is 1. The number of halogens is 1. The normalized spacial score (nSPS) is 45.8. The van der Waals surface area contributed by atoms with Crippen LogP contribution in [0, 0.1) is 5.92 Å². The number of carbonyl (C=O) groups excluding carboxylic acids is 1. The van der Waals surface area contributed by atoms with Crippen LogP contribution in [0.2, 0.25) is 0 Å². The van der Waals surface area contributed by atoms with Gasteiger partial charge in [-0.1, -0.05) is 28.8 Å². The minimum Gasteiger partial charge on any atom is -0.368 e. The zero-order valence-electron chi connectivity index (χ0n) is 14.2. The molecule has 6 heteroatoms. The van der Waals surface area contributed by atoms with E-state index in [1.807, 2.05) is 0 Å². The van der Waals surface area contributed by atoms with Crippen LogP contribution in [0.4, 0.5) is 0 Å². The van der Waals surface area contributed by atoms with Gasteiger partial charge >= 0.3 is 0 Å². The molecule has 2 saturated heterocycles. The number of alkyl halides is 1. The standard InChI is InChI=1S/C18H29BrN2O3/c19-13-5-2-1-4-12(13)18-21-14-10-11(7-8-15(14)24-18)20-17(22)16-6-3-9-23-16/h11-16,18,21H,1-10H2,(H,20,22). The minimum atomic E-state index is -0.223. The molecule has 0 aromatic heterocycles. The molecule has 0 bridgehead atoms. The average Bonchev–Trinajstić information content (AvgIpc) is 3.24. The van der Waals surface area contributed by atoms with E-state index in [0.717, 1.165) is 38.7 Å². The van der Waals surface area contributed by atoms with Crippen LogP contribution in [0.3, 0.4) is 0 Å². The first kappa shape index (κ1) is 17.3. The first-order chi connectivity index (χ1) is 11.7. The highest BCUT2D eigenvalue weighted by Gasteiger charge is 2.44. The number of hydrogen-bond donors (Lipinski definition) is 2. The van der Waals surface area contributed by atoms with Crippen LogP contribution in [0.1, 0.15) is 57.8 Å².